The van der Waals surface area contributed by atoms with Crippen LogP contribution >= 0.6 is 0 Å². The van der Waals surface area contributed by atoms with E-state index in [0.29, 0.717) is 34.7 Å². The Bertz CT molecular complexity index is 1370. The molecule has 31 heavy (non-hydrogen) atoms. The van der Waals surface area contributed by atoms with Crippen LogP contribution in [0.4, 0.5) is 10.1 Å². The Morgan fingerprint density at radius 3 is 2.84 bits per heavy atom. The standard InChI is InChI=1S/C20H17BFN7O2/c1-27-9-23-18-16(27)19(30)29(20(21)25-18)8-14-24-17(26-31-14)15-12-6-28(7-13(12)15)11-4-2-3-10(22)5-11/h2-5,9,12-13,15H,6-8H2,1H3/t12-,13+,15?. The molecule has 1 saturated carbocycles. The van der Waals surface area contributed by atoms with Crippen LogP contribution in [0.1, 0.15) is 17.6 Å². The van der Waals surface area contributed by atoms with E-state index in [2.05, 4.69) is 25.0 Å². The summed E-state index contributed by atoms with van der Waals surface area (Å²) in [4.78, 5) is 27.8. The van der Waals surface area contributed by atoms with Gasteiger partial charge in [0.2, 0.25) is 5.89 Å². The second-order valence-electron chi connectivity index (χ2n) is 8.17. The fourth-order valence-electron chi connectivity index (χ4n) is 4.70. The second-order valence-corrected chi connectivity index (χ2v) is 8.17. The van der Waals surface area contributed by atoms with E-state index in [9.17, 15) is 9.18 Å². The van der Waals surface area contributed by atoms with E-state index < -0.39 is 0 Å². The fraction of sp³-hybridized carbons (Fsp3) is 0.350. The number of benzene rings is 1. The smallest absolute Gasteiger partial charge is 0.279 e. The molecular formula is C20H17BFN7O2. The van der Waals surface area contributed by atoms with Crippen LogP contribution in [0.2, 0.25) is 0 Å². The topological polar surface area (TPSA) is 94.9 Å². The van der Waals surface area contributed by atoms with Gasteiger partial charge in [-0.2, -0.15) is 4.98 Å². The molecule has 4 heterocycles. The number of hydrogen-bond donors (Lipinski definition) is 0. The molecule has 1 aliphatic heterocycles. The highest BCUT2D eigenvalue weighted by Gasteiger charge is 2.58. The maximum Gasteiger partial charge on any atom is 0.279 e. The van der Waals surface area contributed by atoms with Gasteiger partial charge in [-0.15, -0.1) is 0 Å². The van der Waals surface area contributed by atoms with E-state index in [1.807, 2.05) is 6.07 Å². The highest BCUT2D eigenvalue weighted by atomic mass is 19.1. The van der Waals surface area contributed by atoms with Crippen molar-refractivity contribution < 1.29 is 8.91 Å². The van der Waals surface area contributed by atoms with Crippen molar-refractivity contribution in [3.8, 4) is 0 Å². The van der Waals surface area contributed by atoms with Gasteiger partial charge in [0, 0.05) is 31.7 Å². The highest BCUT2D eigenvalue weighted by molar-refractivity contribution is 6.29. The van der Waals surface area contributed by atoms with Gasteiger partial charge in [-0.05, 0) is 30.0 Å². The number of imidazole rings is 1. The Balaban J connectivity index is 1.19. The van der Waals surface area contributed by atoms with Gasteiger partial charge in [0.15, 0.2) is 24.8 Å². The molecule has 3 atom stereocenters. The van der Waals surface area contributed by atoms with Crippen molar-refractivity contribution in [1.29, 1.82) is 0 Å². The Morgan fingerprint density at radius 1 is 1.26 bits per heavy atom. The Labute approximate surface area is 176 Å². The quantitative estimate of drug-likeness (QED) is 0.442. The molecular weight excluding hydrogens is 400 g/mol. The van der Waals surface area contributed by atoms with Gasteiger partial charge in [0.25, 0.3) is 5.56 Å². The SMILES string of the molecule is [B]c1nc2ncn(C)c2c(=O)n1Cc1nc(C2[C@H]3CN(c4cccc(F)c4)C[C@@H]23)no1. The Hall–Kier alpha value is -3.50. The number of fused-ring (bicyclic) bond motifs is 2. The van der Waals surface area contributed by atoms with Crippen LogP contribution in [0.5, 0.6) is 0 Å². The van der Waals surface area contributed by atoms with Crippen LogP contribution in [0.25, 0.3) is 11.2 Å². The predicted octanol–water partition coefficient (Wildman–Crippen LogP) is 0.344. The number of nitrogens with zero attached hydrogens (tertiary/aromatic N) is 7. The van der Waals surface area contributed by atoms with Gasteiger partial charge in [0.1, 0.15) is 12.4 Å². The molecule has 6 rings (SSSR count). The summed E-state index contributed by atoms with van der Waals surface area (Å²) < 4.78 is 21.8. The average Bonchev–Trinajstić information content (AvgIpc) is 3.16. The van der Waals surface area contributed by atoms with Crippen molar-refractivity contribution in [2.24, 2.45) is 18.9 Å². The van der Waals surface area contributed by atoms with Crippen molar-refractivity contribution in [3.63, 3.8) is 0 Å². The summed E-state index contributed by atoms with van der Waals surface area (Å²) >= 11 is 0. The number of aryl methyl sites for hydroxylation is 1. The van der Waals surface area contributed by atoms with Crippen molar-refractivity contribution in [2.75, 3.05) is 18.0 Å². The normalized spacial score (nSPS) is 22.3. The minimum absolute atomic E-state index is 0.0449. The average molecular weight is 417 g/mol. The van der Waals surface area contributed by atoms with Crippen LogP contribution in [-0.4, -0.2) is 50.2 Å². The summed E-state index contributed by atoms with van der Waals surface area (Å²) in [6.07, 6.45) is 1.52. The zero-order valence-electron chi connectivity index (χ0n) is 16.6. The molecule has 154 valence electrons. The van der Waals surface area contributed by atoms with Gasteiger partial charge in [-0.3, -0.25) is 9.36 Å². The lowest BCUT2D eigenvalue weighted by Gasteiger charge is -2.21. The third-order valence-electron chi connectivity index (χ3n) is 6.31. The Kier molecular flexibility index (Phi) is 3.83. The first-order valence-electron chi connectivity index (χ1n) is 10.00. The van der Waals surface area contributed by atoms with Gasteiger partial charge in [-0.1, -0.05) is 11.2 Å². The molecule has 2 fully saturated rings. The lowest BCUT2D eigenvalue weighted by molar-refractivity contribution is 0.364. The molecule has 1 unspecified atom stereocenters. The van der Waals surface area contributed by atoms with Gasteiger partial charge in [0.05, 0.1) is 12.1 Å². The Morgan fingerprint density at radius 2 is 2.06 bits per heavy atom. The highest BCUT2D eigenvalue weighted by Crippen LogP contribution is 2.57. The van der Waals surface area contributed by atoms with Crippen LogP contribution in [-0.2, 0) is 13.6 Å². The van der Waals surface area contributed by atoms with E-state index in [-0.39, 0.29) is 29.6 Å². The summed E-state index contributed by atoms with van der Waals surface area (Å²) in [5.74, 6) is 1.76. The van der Waals surface area contributed by atoms with Crippen LogP contribution in [0, 0.1) is 17.7 Å². The van der Waals surface area contributed by atoms with Crippen LogP contribution in [0.15, 0.2) is 39.9 Å². The molecule has 9 nitrogen and oxygen atoms in total. The number of halogens is 1. The van der Waals surface area contributed by atoms with E-state index >= 15 is 0 Å². The first-order chi connectivity index (χ1) is 15.0. The monoisotopic (exact) mass is 417 g/mol. The van der Waals surface area contributed by atoms with Gasteiger partial charge < -0.3 is 14.0 Å². The largest absolute Gasteiger partial charge is 0.371 e. The zero-order chi connectivity index (χ0) is 21.3. The molecule has 0 N–H and O–H groups in total. The van der Waals surface area contributed by atoms with E-state index in [4.69, 9.17) is 12.4 Å². The summed E-state index contributed by atoms with van der Waals surface area (Å²) in [5, 5.41) is 4.14. The maximum absolute atomic E-state index is 13.5. The number of anilines is 1. The fourth-order valence-corrected chi connectivity index (χ4v) is 4.70. The predicted molar refractivity (Wildman–Crippen MR) is 110 cm³/mol. The molecule has 11 heteroatoms. The molecule has 0 bridgehead atoms. The number of aromatic nitrogens is 6. The van der Waals surface area contributed by atoms with E-state index in [1.165, 1.54) is 17.0 Å². The van der Waals surface area contributed by atoms with Crippen molar-refractivity contribution >= 4 is 30.4 Å². The van der Waals surface area contributed by atoms with Crippen molar-refractivity contribution in [1.82, 2.24) is 29.2 Å². The maximum atomic E-state index is 13.5. The molecule has 4 aromatic rings. The molecule has 0 amide bonds. The van der Waals surface area contributed by atoms with Crippen LogP contribution in [0.3, 0.4) is 0 Å². The first kappa shape index (κ1) is 18.3. The summed E-state index contributed by atoms with van der Waals surface area (Å²) in [6, 6.07) is 6.65. The minimum Gasteiger partial charge on any atom is -0.371 e. The number of piperidine rings is 1. The zero-order valence-corrected chi connectivity index (χ0v) is 16.6. The molecule has 1 saturated heterocycles. The van der Waals surface area contributed by atoms with E-state index in [0.717, 1.165) is 18.8 Å². The van der Waals surface area contributed by atoms with Crippen molar-refractivity contribution in [2.45, 2.75) is 12.5 Å². The molecule has 2 radical (unpaired) electrons. The lowest BCUT2D eigenvalue weighted by atomic mass is 10.1. The van der Waals surface area contributed by atoms with Crippen molar-refractivity contribution in [3.05, 3.63) is 58.5 Å². The molecule has 1 aliphatic carbocycles. The minimum atomic E-state index is -0.309. The summed E-state index contributed by atoms with van der Waals surface area (Å²) in [6.45, 7) is 1.70. The third kappa shape index (κ3) is 2.87. The molecule has 3 aromatic heterocycles. The second kappa shape index (κ2) is 6.50. The number of rotatable bonds is 4. The molecule has 2 aliphatic rings. The number of hydrogen-bond acceptors (Lipinski definition) is 7. The van der Waals surface area contributed by atoms with E-state index in [1.54, 1.807) is 23.7 Å². The third-order valence-corrected chi connectivity index (χ3v) is 6.31. The van der Waals surface area contributed by atoms with Gasteiger partial charge >= 0.3 is 0 Å². The summed E-state index contributed by atoms with van der Waals surface area (Å²) in [7, 11) is 7.68. The summed E-state index contributed by atoms with van der Waals surface area (Å²) in [5.41, 5.74) is 1.30. The first-order valence-corrected chi connectivity index (χ1v) is 10.00. The lowest BCUT2D eigenvalue weighted by Crippen LogP contribution is -2.36. The molecule has 0 spiro atoms. The molecule has 1 aromatic carbocycles. The van der Waals surface area contributed by atoms with Crippen LogP contribution < -0.4 is 16.2 Å². The van der Waals surface area contributed by atoms with Gasteiger partial charge in [-0.25, -0.2) is 14.4 Å².